The minimum absolute atomic E-state index is 0.929. The molecule has 2 unspecified atom stereocenters. The van der Waals surface area contributed by atoms with Gasteiger partial charge in [0.1, 0.15) is 0 Å². The third-order valence-electron chi connectivity index (χ3n) is 4.35. The molecule has 0 bridgehead atoms. The van der Waals surface area contributed by atoms with Crippen molar-refractivity contribution in [3.05, 3.63) is 0 Å². The third kappa shape index (κ3) is 3.00. The predicted molar refractivity (Wildman–Crippen MR) is 59.7 cm³/mol. The van der Waals surface area contributed by atoms with E-state index in [1.807, 2.05) is 0 Å². The molecule has 1 fully saturated rings. The fraction of sp³-hybridized carbons (Fsp3) is 1.00. The summed E-state index contributed by atoms with van der Waals surface area (Å²) in [5.41, 5.74) is 0. The second-order valence-corrected chi connectivity index (χ2v) is 5.26. The summed E-state index contributed by atoms with van der Waals surface area (Å²) in [5, 5.41) is 0. The average Bonchev–Trinajstić information content (AvgIpc) is 2.17. The van der Waals surface area contributed by atoms with E-state index in [0.717, 1.165) is 23.7 Å². The SMILES string of the molecule is CCC(C)C(C)C1CCC(C)CC1. The van der Waals surface area contributed by atoms with E-state index in [1.54, 1.807) is 0 Å². The van der Waals surface area contributed by atoms with Gasteiger partial charge in [0, 0.05) is 0 Å². The first-order chi connectivity index (χ1) is 6.15. The molecule has 13 heavy (non-hydrogen) atoms. The second-order valence-electron chi connectivity index (χ2n) is 5.26. The minimum atomic E-state index is 0.929. The zero-order valence-corrected chi connectivity index (χ0v) is 9.84. The van der Waals surface area contributed by atoms with Crippen LogP contribution in [0, 0.1) is 23.7 Å². The lowest BCUT2D eigenvalue weighted by Crippen LogP contribution is -2.23. The van der Waals surface area contributed by atoms with Gasteiger partial charge in [0.05, 0.1) is 0 Å². The van der Waals surface area contributed by atoms with E-state index < -0.39 is 0 Å². The lowest BCUT2D eigenvalue weighted by atomic mass is 9.72. The summed E-state index contributed by atoms with van der Waals surface area (Å²) in [6, 6.07) is 0. The minimum Gasteiger partial charge on any atom is -0.0651 e. The highest BCUT2D eigenvalue weighted by molar-refractivity contribution is 4.76. The quantitative estimate of drug-likeness (QED) is 0.603. The van der Waals surface area contributed by atoms with E-state index >= 15 is 0 Å². The van der Waals surface area contributed by atoms with Crippen molar-refractivity contribution >= 4 is 0 Å². The Balaban J connectivity index is 2.35. The normalized spacial score (nSPS) is 34.2. The van der Waals surface area contributed by atoms with Crippen molar-refractivity contribution in [3.63, 3.8) is 0 Å². The largest absolute Gasteiger partial charge is 0.0651 e. The van der Waals surface area contributed by atoms with E-state index in [2.05, 4.69) is 27.7 Å². The first-order valence-corrected chi connectivity index (χ1v) is 6.15. The van der Waals surface area contributed by atoms with Gasteiger partial charge in [0.2, 0.25) is 0 Å². The standard InChI is InChI=1S/C13H26/c1-5-11(3)12(4)13-8-6-10(2)7-9-13/h10-13H,5-9H2,1-4H3. The molecule has 0 heteroatoms. The summed E-state index contributed by atoms with van der Waals surface area (Å²) in [5.74, 6) is 3.92. The molecular formula is C13H26. The van der Waals surface area contributed by atoms with Gasteiger partial charge in [-0.25, -0.2) is 0 Å². The molecular weight excluding hydrogens is 156 g/mol. The van der Waals surface area contributed by atoms with E-state index in [-0.39, 0.29) is 0 Å². The maximum absolute atomic E-state index is 2.47. The van der Waals surface area contributed by atoms with Gasteiger partial charge < -0.3 is 0 Å². The van der Waals surface area contributed by atoms with Crippen molar-refractivity contribution < 1.29 is 0 Å². The molecule has 2 atom stereocenters. The first-order valence-electron chi connectivity index (χ1n) is 6.15. The highest BCUT2D eigenvalue weighted by Crippen LogP contribution is 2.36. The van der Waals surface area contributed by atoms with Crippen LogP contribution in [-0.4, -0.2) is 0 Å². The molecule has 0 nitrogen and oxygen atoms in total. The molecule has 1 rings (SSSR count). The molecule has 78 valence electrons. The number of rotatable bonds is 3. The molecule has 0 spiro atoms. The molecule has 0 heterocycles. The molecule has 1 aliphatic rings. The maximum Gasteiger partial charge on any atom is -0.0386 e. The smallest absolute Gasteiger partial charge is 0.0386 e. The Morgan fingerprint density at radius 2 is 1.62 bits per heavy atom. The van der Waals surface area contributed by atoms with Crippen molar-refractivity contribution in [2.45, 2.75) is 59.8 Å². The summed E-state index contributed by atoms with van der Waals surface area (Å²) in [6.07, 6.45) is 7.30. The Bertz CT molecular complexity index is 131. The summed E-state index contributed by atoms with van der Waals surface area (Å²) in [6.45, 7) is 9.62. The highest BCUT2D eigenvalue weighted by Gasteiger charge is 2.25. The molecule has 0 amide bonds. The van der Waals surface area contributed by atoms with Gasteiger partial charge in [0.25, 0.3) is 0 Å². The molecule has 0 aromatic rings. The van der Waals surface area contributed by atoms with Gasteiger partial charge in [-0.1, -0.05) is 47.0 Å². The Hall–Kier alpha value is 0. The monoisotopic (exact) mass is 182 g/mol. The fourth-order valence-corrected chi connectivity index (χ4v) is 2.65. The number of hydrogen-bond acceptors (Lipinski definition) is 0. The molecule has 0 aromatic heterocycles. The zero-order chi connectivity index (χ0) is 9.84. The Morgan fingerprint density at radius 1 is 1.08 bits per heavy atom. The molecule has 0 saturated heterocycles. The van der Waals surface area contributed by atoms with Crippen molar-refractivity contribution in [3.8, 4) is 0 Å². The topological polar surface area (TPSA) is 0 Å². The molecule has 1 saturated carbocycles. The van der Waals surface area contributed by atoms with Gasteiger partial charge in [0.15, 0.2) is 0 Å². The summed E-state index contributed by atoms with van der Waals surface area (Å²) >= 11 is 0. The van der Waals surface area contributed by atoms with E-state index in [9.17, 15) is 0 Å². The van der Waals surface area contributed by atoms with Crippen LogP contribution in [0.15, 0.2) is 0 Å². The van der Waals surface area contributed by atoms with Crippen LogP contribution in [0.1, 0.15) is 59.8 Å². The van der Waals surface area contributed by atoms with Gasteiger partial charge in [-0.3, -0.25) is 0 Å². The fourth-order valence-electron chi connectivity index (χ4n) is 2.65. The average molecular weight is 182 g/mol. The van der Waals surface area contributed by atoms with Crippen molar-refractivity contribution in [2.24, 2.45) is 23.7 Å². The van der Waals surface area contributed by atoms with Crippen LogP contribution in [0.4, 0.5) is 0 Å². The van der Waals surface area contributed by atoms with Crippen molar-refractivity contribution in [1.29, 1.82) is 0 Å². The molecule has 1 aliphatic carbocycles. The maximum atomic E-state index is 2.47. The lowest BCUT2D eigenvalue weighted by molar-refractivity contribution is 0.176. The third-order valence-corrected chi connectivity index (χ3v) is 4.35. The van der Waals surface area contributed by atoms with Crippen LogP contribution in [-0.2, 0) is 0 Å². The Kier molecular flexibility index (Phi) is 4.28. The Labute approximate surface area is 84.1 Å². The summed E-state index contributed by atoms with van der Waals surface area (Å²) in [4.78, 5) is 0. The van der Waals surface area contributed by atoms with Crippen LogP contribution in [0.25, 0.3) is 0 Å². The molecule has 0 N–H and O–H groups in total. The lowest BCUT2D eigenvalue weighted by Gasteiger charge is -2.33. The molecule has 0 aromatic carbocycles. The van der Waals surface area contributed by atoms with E-state index in [1.165, 1.54) is 32.1 Å². The molecule has 0 aliphatic heterocycles. The Morgan fingerprint density at radius 3 is 2.08 bits per heavy atom. The van der Waals surface area contributed by atoms with Crippen molar-refractivity contribution in [1.82, 2.24) is 0 Å². The van der Waals surface area contributed by atoms with Crippen LogP contribution in [0.2, 0.25) is 0 Å². The van der Waals surface area contributed by atoms with Gasteiger partial charge >= 0.3 is 0 Å². The zero-order valence-electron chi connectivity index (χ0n) is 9.84. The van der Waals surface area contributed by atoms with Gasteiger partial charge in [-0.2, -0.15) is 0 Å². The number of hydrogen-bond donors (Lipinski definition) is 0. The second kappa shape index (κ2) is 5.02. The van der Waals surface area contributed by atoms with Gasteiger partial charge in [-0.05, 0) is 36.5 Å². The van der Waals surface area contributed by atoms with Crippen LogP contribution < -0.4 is 0 Å². The van der Waals surface area contributed by atoms with Crippen LogP contribution in [0.3, 0.4) is 0 Å². The van der Waals surface area contributed by atoms with Crippen molar-refractivity contribution in [2.75, 3.05) is 0 Å². The summed E-state index contributed by atoms with van der Waals surface area (Å²) < 4.78 is 0. The highest BCUT2D eigenvalue weighted by atomic mass is 14.3. The van der Waals surface area contributed by atoms with Crippen LogP contribution >= 0.6 is 0 Å². The van der Waals surface area contributed by atoms with E-state index in [0.29, 0.717) is 0 Å². The van der Waals surface area contributed by atoms with Crippen LogP contribution in [0.5, 0.6) is 0 Å². The van der Waals surface area contributed by atoms with E-state index in [4.69, 9.17) is 0 Å². The van der Waals surface area contributed by atoms with Gasteiger partial charge in [-0.15, -0.1) is 0 Å². The first kappa shape index (κ1) is 11.1. The summed E-state index contributed by atoms with van der Waals surface area (Å²) in [7, 11) is 0. The molecule has 0 radical (unpaired) electrons. The predicted octanol–water partition coefficient (Wildman–Crippen LogP) is 4.49.